The number of hydrogen-bond donors (Lipinski definition) is 1. The van der Waals surface area contributed by atoms with Gasteiger partial charge >= 0.3 is 0 Å². The van der Waals surface area contributed by atoms with Crippen LogP contribution in [-0.4, -0.2) is 62.9 Å². The number of benzene rings is 1. The molecule has 0 bridgehead atoms. The van der Waals surface area contributed by atoms with Gasteiger partial charge in [0.2, 0.25) is 11.8 Å². The average molecular weight is 491 g/mol. The molecule has 0 spiro atoms. The highest BCUT2D eigenvalue weighted by atomic mass is 19.3. The van der Waals surface area contributed by atoms with Gasteiger partial charge in [-0.2, -0.15) is 5.10 Å². The molecule has 2 aromatic rings. The molecule has 35 heavy (non-hydrogen) atoms. The summed E-state index contributed by atoms with van der Waals surface area (Å²) in [6.45, 7) is 5.22. The number of aromatic nitrogens is 2. The maximum Gasteiger partial charge on any atom is 0.267 e. The summed E-state index contributed by atoms with van der Waals surface area (Å²) in [5, 5.41) is 6.52. The van der Waals surface area contributed by atoms with E-state index in [0.717, 1.165) is 5.56 Å². The van der Waals surface area contributed by atoms with Crippen LogP contribution in [0.25, 0.3) is 0 Å². The minimum atomic E-state index is -2.69. The lowest BCUT2D eigenvalue weighted by molar-refractivity contribution is -0.145. The first kappa shape index (κ1) is 24.9. The van der Waals surface area contributed by atoms with Crippen molar-refractivity contribution in [1.29, 1.82) is 0 Å². The number of carbonyl (C=O) groups is 2. The molecular weight excluding hydrogens is 461 g/mol. The summed E-state index contributed by atoms with van der Waals surface area (Å²) in [5.41, 5.74) is 2.09. The van der Waals surface area contributed by atoms with Gasteiger partial charge in [0.05, 0.1) is 11.3 Å². The molecule has 188 valence electrons. The van der Waals surface area contributed by atoms with E-state index in [-0.39, 0.29) is 67.9 Å². The van der Waals surface area contributed by atoms with E-state index >= 15 is 0 Å². The molecule has 1 atom stereocenters. The standard InChI is InChI=1S/C25H29F3N4O3/c1-14-12-31(13-22(33)32(14)18-6-8-25(27,28)9-7-18)24(35)19-10-17(4-5-20(19)26)11-21-15(2)16(3)23(34)30-29-21/h4-5,10,14,18H,6-9,11-13H2,1-3H3,(H,30,34). The van der Waals surface area contributed by atoms with Crippen LogP contribution in [0.5, 0.6) is 0 Å². The molecule has 4 rings (SSSR count). The molecule has 1 saturated carbocycles. The molecule has 10 heteroatoms. The molecule has 1 N–H and O–H groups in total. The maximum absolute atomic E-state index is 14.7. The van der Waals surface area contributed by atoms with E-state index in [1.807, 2.05) is 0 Å². The molecule has 0 radical (unpaired) electrons. The number of alkyl halides is 2. The van der Waals surface area contributed by atoms with E-state index in [1.54, 1.807) is 31.7 Å². The zero-order chi connectivity index (χ0) is 25.5. The Kier molecular flexibility index (Phi) is 6.75. The molecule has 1 aromatic carbocycles. The summed E-state index contributed by atoms with van der Waals surface area (Å²) < 4.78 is 41.8. The van der Waals surface area contributed by atoms with Crippen molar-refractivity contribution in [2.75, 3.05) is 13.1 Å². The van der Waals surface area contributed by atoms with Crippen molar-refractivity contribution >= 4 is 11.8 Å². The Morgan fingerprint density at radius 2 is 1.86 bits per heavy atom. The van der Waals surface area contributed by atoms with Gasteiger partial charge in [-0.15, -0.1) is 0 Å². The third-order valence-corrected chi connectivity index (χ3v) is 7.20. The third-order valence-electron chi connectivity index (χ3n) is 7.20. The van der Waals surface area contributed by atoms with Crippen molar-refractivity contribution in [1.82, 2.24) is 20.0 Å². The minimum absolute atomic E-state index is 0.146. The van der Waals surface area contributed by atoms with Gasteiger partial charge in [0, 0.05) is 43.5 Å². The fourth-order valence-electron chi connectivity index (χ4n) is 5.04. The first-order valence-electron chi connectivity index (χ1n) is 11.8. The van der Waals surface area contributed by atoms with Crippen LogP contribution in [0, 0.1) is 19.7 Å². The number of aromatic amines is 1. The van der Waals surface area contributed by atoms with Gasteiger partial charge in [0.1, 0.15) is 12.4 Å². The zero-order valence-electron chi connectivity index (χ0n) is 20.0. The predicted molar refractivity (Wildman–Crippen MR) is 123 cm³/mol. The number of piperazine rings is 1. The Morgan fingerprint density at radius 1 is 1.17 bits per heavy atom. The molecule has 2 fully saturated rings. The SMILES string of the molecule is Cc1c(Cc2ccc(F)c(C(=O)N3CC(=O)N(C4CCC(F)(F)CC4)C(C)C3)c2)n[nH]c(=O)c1C. The van der Waals surface area contributed by atoms with Gasteiger partial charge < -0.3 is 9.80 Å². The highest BCUT2D eigenvalue weighted by Crippen LogP contribution is 2.36. The van der Waals surface area contributed by atoms with Gasteiger partial charge in [0.15, 0.2) is 0 Å². The van der Waals surface area contributed by atoms with Crippen LogP contribution in [0.4, 0.5) is 13.2 Å². The van der Waals surface area contributed by atoms with Crippen LogP contribution in [0.2, 0.25) is 0 Å². The predicted octanol–water partition coefficient (Wildman–Crippen LogP) is 3.37. The van der Waals surface area contributed by atoms with Crippen molar-refractivity contribution in [3.63, 3.8) is 0 Å². The number of halogens is 3. The highest BCUT2D eigenvalue weighted by Gasteiger charge is 2.42. The minimum Gasteiger partial charge on any atom is -0.334 e. The molecular formula is C25H29F3N4O3. The lowest BCUT2D eigenvalue weighted by atomic mass is 9.89. The first-order chi connectivity index (χ1) is 16.5. The van der Waals surface area contributed by atoms with Crippen LogP contribution in [-0.2, 0) is 11.2 Å². The number of carbonyl (C=O) groups excluding carboxylic acids is 2. The summed E-state index contributed by atoms with van der Waals surface area (Å²) >= 11 is 0. The second-order valence-electron chi connectivity index (χ2n) is 9.66. The van der Waals surface area contributed by atoms with Crippen molar-refractivity contribution in [2.45, 2.75) is 70.9 Å². The van der Waals surface area contributed by atoms with Gasteiger partial charge in [-0.05, 0) is 56.9 Å². The topological polar surface area (TPSA) is 86.4 Å². The average Bonchev–Trinajstić information content (AvgIpc) is 2.80. The summed E-state index contributed by atoms with van der Waals surface area (Å²) in [6, 6.07) is 3.58. The Hall–Kier alpha value is -3.17. The first-order valence-corrected chi connectivity index (χ1v) is 11.8. The van der Waals surface area contributed by atoms with Crippen molar-refractivity contribution in [2.24, 2.45) is 0 Å². The van der Waals surface area contributed by atoms with Gasteiger partial charge in [-0.1, -0.05) is 6.07 Å². The fraction of sp³-hybridized carbons (Fsp3) is 0.520. The van der Waals surface area contributed by atoms with E-state index in [0.29, 0.717) is 23.2 Å². The normalized spacial score (nSPS) is 20.9. The maximum atomic E-state index is 14.7. The molecule has 1 aromatic heterocycles. The van der Waals surface area contributed by atoms with E-state index in [4.69, 9.17) is 0 Å². The molecule has 1 aliphatic heterocycles. The summed E-state index contributed by atoms with van der Waals surface area (Å²) in [6.07, 6.45) is 0.242. The van der Waals surface area contributed by atoms with Gasteiger partial charge in [-0.3, -0.25) is 14.4 Å². The van der Waals surface area contributed by atoms with Crippen LogP contribution < -0.4 is 5.56 Å². The van der Waals surface area contributed by atoms with Gasteiger partial charge in [-0.25, -0.2) is 18.3 Å². The second-order valence-corrected chi connectivity index (χ2v) is 9.66. The van der Waals surface area contributed by atoms with E-state index in [1.165, 1.54) is 17.0 Å². The van der Waals surface area contributed by atoms with Crippen molar-refractivity contribution in [3.05, 3.63) is 62.3 Å². The Bertz CT molecular complexity index is 1200. The fourth-order valence-corrected chi connectivity index (χ4v) is 5.04. The molecule has 1 aliphatic carbocycles. The van der Waals surface area contributed by atoms with Crippen LogP contribution >= 0.6 is 0 Å². The molecule has 2 aliphatic rings. The molecule has 1 unspecified atom stereocenters. The summed E-state index contributed by atoms with van der Waals surface area (Å²) in [7, 11) is 0. The molecule has 2 heterocycles. The van der Waals surface area contributed by atoms with Crippen molar-refractivity contribution < 1.29 is 22.8 Å². The van der Waals surface area contributed by atoms with Crippen LogP contribution in [0.3, 0.4) is 0 Å². The number of amides is 2. The molecule has 7 nitrogen and oxygen atoms in total. The Morgan fingerprint density at radius 3 is 2.51 bits per heavy atom. The summed E-state index contributed by atoms with van der Waals surface area (Å²) in [5.74, 6) is -4.29. The van der Waals surface area contributed by atoms with Crippen LogP contribution in [0.1, 0.15) is 65.3 Å². The number of nitrogens with one attached hydrogen (secondary N) is 1. The highest BCUT2D eigenvalue weighted by molar-refractivity contribution is 5.97. The van der Waals surface area contributed by atoms with E-state index < -0.39 is 17.6 Å². The lowest BCUT2D eigenvalue weighted by Gasteiger charge is -2.45. The molecule has 2 amide bonds. The van der Waals surface area contributed by atoms with E-state index in [9.17, 15) is 27.6 Å². The number of hydrogen-bond acceptors (Lipinski definition) is 4. The second kappa shape index (κ2) is 9.47. The quantitative estimate of drug-likeness (QED) is 0.712. The zero-order valence-corrected chi connectivity index (χ0v) is 20.0. The van der Waals surface area contributed by atoms with E-state index in [2.05, 4.69) is 10.2 Å². The lowest BCUT2D eigenvalue weighted by Crippen LogP contribution is -2.60. The number of nitrogens with zero attached hydrogens (tertiary/aromatic N) is 3. The Balaban J connectivity index is 1.49. The Labute approximate surface area is 201 Å². The summed E-state index contributed by atoms with van der Waals surface area (Å²) in [4.78, 5) is 40.8. The number of H-pyrrole nitrogens is 1. The van der Waals surface area contributed by atoms with Gasteiger partial charge in [0.25, 0.3) is 11.5 Å². The molecule has 1 saturated heterocycles. The largest absolute Gasteiger partial charge is 0.334 e. The van der Waals surface area contributed by atoms with Crippen molar-refractivity contribution in [3.8, 4) is 0 Å². The third kappa shape index (κ3) is 5.11. The smallest absolute Gasteiger partial charge is 0.267 e. The number of rotatable bonds is 4. The van der Waals surface area contributed by atoms with Crippen LogP contribution in [0.15, 0.2) is 23.0 Å². The monoisotopic (exact) mass is 490 g/mol.